The topological polar surface area (TPSA) is 46.3 Å². The van der Waals surface area contributed by atoms with Crippen molar-refractivity contribution in [2.75, 3.05) is 13.1 Å². The minimum absolute atomic E-state index is 0.129. The van der Waals surface area contributed by atoms with Gasteiger partial charge in [-0.05, 0) is 26.7 Å². The lowest BCUT2D eigenvalue weighted by Crippen LogP contribution is -2.49. The first kappa shape index (κ1) is 12.4. The van der Waals surface area contributed by atoms with Gasteiger partial charge in [0.05, 0.1) is 6.04 Å². The Morgan fingerprint density at radius 3 is 2.67 bits per heavy atom. The summed E-state index contributed by atoms with van der Waals surface area (Å²) in [6.45, 7) is 3.17. The van der Waals surface area contributed by atoms with Crippen LogP contribution in [0.15, 0.2) is 0 Å². The van der Waals surface area contributed by atoms with E-state index in [1.807, 2.05) is 0 Å². The highest BCUT2D eigenvalue weighted by atomic mass is 19.3. The Balaban J connectivity index is 2.60. The van der Waals surface area contributed by atoms with Gasteiger partial charge < -0.3 is 10.6 Å². The molecule has 1 rings (SSSR count). The van der Waals surface area contributed by atoms with Crippen LogP contribution in [0, 0.1) is 5.92 Å². The zero-order chi connectivity index (χ0) is 11.6. The van der Waals surface area contributed by atoms with Crippen LogP contribution in [-0.4, -0.2) is 35.9 Å². The largest absolute Gasteiger partial charge is 0.341 e. The van der Waals surface area contributed by atoms with Crippen molar-refractivity contribution in [2.24, 2.45) is 11.7 Å². The molecule has 1 amide bonds. The number of nitrogens with two attached hydrogens (primary N) is 1. The normalized spacial score (nSPS) is 25.1. The van der Waals surface area contributed by atoms with Crippen molar-refractivity contribution in [3.05, 3.63) is 0 Å². The van der Waals surface area contributed by atoms with Gasteiger partial charge in [0.2, 0.25) is 11.8 Å². The van der Waals surface area contributed by atoms with Crippen LogP contribution in [0.3, 0.4) is 0 Å². The average molecular weight is 220 g/mol. The summed E-state index contributed by atoms with van der Waals surface area (Å²) < 4.78 is 26.2. The van der Waals surface area contributed by atoms with Gasteiger partial charge in [0.1, 0.15) is 0 Å². The molecule has 0 aromatic heterocycles. The number of hydrogen-bond donors (Lipinski definition) is 1. The third-order valence-electron chi connectivity index (χ3n) is 2.84. The lowest BCUT2D eigenvalue weighted by molar-refractivity contribution is -0.138. The molecule has 15 heavy (non-hydrogen) atoms. The summed E-state index contributed by atoms with van der Waals surface area (Å²) >= 11 is 0. The third-order valence-corrected chi connectivity index (χ3v) is 2.84. The molecule has 0 saturated carbocycles. The smallest absolute Gasteiger partial charge is 0.249 e. The molecule has 0 aromatic carbocycles. The van der Waals surface area contributed by atoms with E-state index in [2.05, 4.69) is 0 Å². The van der Waals surface area contributed by atoms with Gasteiger partial charge in [0.15, 0.2) is 0 Å². The standard InChI is InChI=1S/C10H18F2N2O/c1-7(13)9(15)14-5-3-4-8(6-14)10(2,11)12/h7-8H,3-6,13H2,1-2H3/t7-,8-/m1/s1. The molecule has 0 radical (unpaired) electrons. The van der Waals surface area contributed by atoms with Crippen LogP contribution < -0.4 is 5.73 Å². The molecule has 1 saturated heterocycles. The number of piperidine rings is 1. The molecule has 0 spiro atoms. The number of likely N-dealkylation sites (tertiary alicyclic amines) is 1. The third kappa shape index (κ3) is 3.12. The minimum atomic E-state index is -2.71. The number of amides is 1. The maximum atomic E-state index is 13.1. The average Bonchev–Trinajstić information content (AvgIpc) is 2.15. The van der Waals surface area contributed by atoms with Crippen LogP contribution in [0.25, 0.3) is 0 Å². The van der Waals surface area contributed by atoms with Crippen LogP contribution >= 0.6 is 0 Å². The first-order chi connectivity index (χ1) is 6.82. The van der Waals surface area contributed by atoms with E-state index in [1.54, 1.807) is 6.92 Å². The van der Waals surface area contributed by atoms with Gasteiger partial charge in [0, 0.05) is 19.0 Å². The van der Waals surface area contributed by atoms with Crippen molar-refractivity contribution in [1.29, 1.82) is 0 Å². The van der Waals surface area contributed by atoms with Crippen molar-refractivity contribution in [3.63, 3.8) is 0 Å². The Kier molecular flexibility index (Phi) is 3.65. The highest BCUT2D eigenvalue weighted by Gasteiger charge is 2.38. The molecular weight excluding hydrogens is 202 g/mol. The van der Waals surface area contributed by atoms with E-state index in [-0.39, 0.29) is 12.5 Å². The highest BCUT2D eigenvalue weighted by Crippen LogP contribution is 2.31. The summed E-state index contributed by atoms with van der Waals surface area (Å²) in [5, 5.41) is 0. The Hall–Kier alpha value is -0.710. The number of nitrogens with zero attached hydrogens (tertiary/aromatic N) is 1. The molecule has 0 aromatic rings. The molecule has 2 N–H and O–H groups in total. The van der Waals surface area contributed by atoms with E-state index in [1.165, 1.54) is 4.90 Å². The van der Waals surface area contributed by atoms with E-state index in [0.717, 1.165) is 6.92 Å². The van der Waals surface area contributed by atoms with Crippen LogP contribution in [-0.2, 0) is 4.79 Å². The Morgan fingerprint density at radius 1 is 1.60 bits per heavy atom. The number of carbonyl (C=O) groups is 1. The number of alkyl halides is 2. The quantitative estimate of drug-likeness (QED) is 0.760. The fraction of sp³-hybridized carbons (Fsp3) is 0.900. The van der Waals surface area contributed by atoms with Gasteiger partial charge in [-0.1, -0.05) is 0 Å². The molecule has 0 aliphatic carbocycles. The van der Waals surface area contributed by atoms with Gasteiger partial charge in [0.25, 0.3) is 0 Å². The molecule has 1 heterocycles. The first-order valence-electron chi connectivity index (χ1n) is 5.24. The van der Waals surface area contributed by atoms with Crippen molar-refractivity contribution in [1.82, 2.24) is 4.90 Å². The molecule has 3 nitrogen and oxygen atoms in total. The van der Waals surface area contributed by atoms with Crippen molar-refractivity contribution < 1.29 is 13.6 Å². The molecule has 1 aliphatic rings. The van der Waals surface area contributed by atoms with Crippen LogP contribution in [0.1, 0.15) is 26.7 Å². The highest BCUT2D eigenvalue weighted by molar-refractivity contribution is 5.81. The fourth-order valence-corrected chi connectivity index (χ4v) is 1.88. The van der Waals surface area contributed by atoms with Crippen molar-refractivity contribution in [2.45, 2.75) is 38.7 Å². The summed E-state index contributed by atoms with van der Waals surface area (Å²) in [4.78, 5) is 13.0. The second-order valence-corrected chi connectivity index (χ2v) is 4.37. The fourth-order valence-electron chi connectivity index (χ4n) is 1.88. The van der Waals surface area contributed by atoms with Gasteiger partial charge in [-0.2, -0.15) is 0 Å². The molecule has 1 aliphatic heterocycles. The second-order valence-electron chi connectivity index (χ2n) is 4.37. The predicted octanol–water partition coefficient (Wildman–Crippen LogP) is 1.23. The van der Waals surface area contributed by atoms with E-state index >= 15 is 0 Å². The molecule has 0 bridgehead atoms. The molecule has 5 heteroatoms. The lowest BCUT2D eigenvalue weighted by Gasteiger charge is -2.36. The van der Waals surface area contributed by atoms with Gasteiger partial charge in [-0.3, -0.25) is 4.79 Å². The molecule has 1 fully saturated rings. The van der Waals surface area contributed by atoms with Crippen LogP contribution in [0.5, 0.6) is 0 Å². The number of rotatable bonds is 2. The summed E-state index contributed by atoms with van der Waals surface area (Å²) in [5.41, 5.74) is 5.44. The van der Waals surface area contributed by atoms with E-state index < -0.39 is 17.9 Å². The van der Waals surface area contributed by atoms with Gasteiger partial charge >= 0.3 is 0 Å². The lowest BCUT2D eigenvalue weighted by atomic mass is 9.92. The van der Waals surface area contributed by atoms with E-state index in [0.29, 0.717) is 19.4 Å². The first-order valence-corrected chi connectivity index (χ1v) is 5.24. The minimum Gasteiger partial charge on any atom is -0.341 e. The molecule has 2 atom stereocenters. The Morgan fingerprint density at radius 2 is 2.20 bits per heavy atom. The second kappa shape index (κ2) is 4.43. The molecule has 88 valence electrons. The molecule has 0 unspecified atom stereocenters. The summed E-state index contributed by atoms with van der Waals surface area (Å²) in [6.07, 6.45) is 1.11. The Labute approximate surface area is 88.6 Å². The summed E-state index contributed by atoms with van der Waals surface area (Å²) in [6, 6.07) is -0.603. The van der Waals surface area contributed by atoms with Crippen molar-refractivity contribution >= 4 is 5.91 Å². The number of carbonyl (C=O) groups excluding carboxylic acids is 1. The Bertz CT molecular complexity index is 238. The summed E-state index contributed by atoms with van der Waals surface area (Å²) in [5.74, 6) is -3.67. The van der Waals surface area contributed by atoms with Crippen LogP contribution in [0.4, 0.5) is 8.78 Å². The predicted molar refractivity (Wildman–Crippen MR) is 53.6 cm³/mol. The zero-order valence-electron chi connectivity index (χ0n) is 9.17. The number of hydrogen-bond acceptors (Lipinski definition) is 2. The van der Waals surface area contributed by atoms with Crippen molar-refractivity contribution in [3.8, 4) is 0 Å². The SMILES string of the molecule is C[C@@H](N)C(=O)N1CCC[C@@H](C(C)(F)F)C1. The maximum absolute atomic E-state index is 13.1. The monoisotopic (exact) mass is 220 g/mol. The number of halogens is 2. The van der Waals surface area contributed by atoms with Crippen LogP contribution in [0.2, 0.25) is 0 Å². The van der Waals surface area contributed by atoms with Gasteiger partial charge in [-0.15, -0.1) is 0 Å². The maximum Gasteiger partial charge on any atom is 0.249 e. The van der Waals surface area contributed by atoms with E-state index in [4.69, 9.17) is 5.73 Å². The zero-order valence-corrected chi connectivity index (χ0v) is 9.17. The van der Waals surface area contributed by atoms with E-state index in [9.17, 15) is 13.6 Å². The van der Waals surface area contributed by atoms with Gasteiger partial charge in [-0.25, -0.2) is 8.78 Å². The summed E-state index contributed by atoms with van der Waals surface area (Å²) in [7, 11) is 0. The molecular formula is C10H18F2N2O.